The number of ether oxygens (including phenoxy) is 2. The topological polar surface area (TPSA) is 57.8 Å². The van der Waals surface area contributed by atoms with E-state index in [-0.39, 0.29) is 5.91 Å². The van der Waals surface area contributed by atoms with Gasteiger partial charge in [-0.3, -0.25) is 4.79 Å². The highest BCUT2D eigenvalue weighted by molar-refractivity contribution is 5.98. The predicted molar refractivity (Wildman–Crippen MR) is 123 cm³/mol. The molecule has 0 aliphatic carbocycles. The molecule has 2 aromatic carbocycles. The van der Waals surface area contributed by atoms with Gasteiger partial charge < -0.3 is 24.3 Å². The quantitative estimate of drug-likeness (QED) is 0.627. The summed E-state index contributed by atoms with van der Waals surface area (Å²) in [5.41, 5.74) is 2.90. The van der Waals surface area contributed by atoms with Crippen molar-refractivity contribution in [3.8, 4) is 11.5 Å². The van der Waals surface area contributed by atoms with Crippen molar-refractivity contribution >= 4 is 16.8 Å². The molecule has 0 spiro atoms. The molecule has 2 heterocycles. The van der Waals surface area contributed by atoms with Gasteiger partial charge in [0.15, 0.2) is 11.5 Å². The predicted octanol–water partition coefficient (Wildman–Crippen LogP) is 3.96. The maximum atomic E-state index is 13.1. The van der Waals surface area contributed by atoms with E-state index in [1.807, 2.05) is 47.4 Å². The van der Waals surface area contributed by atoms with Crippen molar-refractivity contribution in [2.45, 2.75) is 25.3 Å². The SMILES string of the molecule is COc1ccc(CCN(C)C2CCCN(C(=O)c3cc4ccccc4[nH]3)C2)cc1OC. The van der Waals surface area contributed by atoms with Crippen LogP contribution in [-0.4, -0.2) is 67.6 Å². The monoisotopic (exact) mass is 421 g/mol. The summed E-state index contributed by atoms with van der Waals surface area (Å²) in [5, 5.41) is 1.08. The Hall–Kier alpha value is -2.99. The second kappa shape index (κ2) is 9.43. The standard InChI is InChI=1S/C25H31N3O3/c1-27(14-12-18-10-11-23(30-2)24(15-18)31-3)20-8-6-13-28(17-20)25(29)22-16-19-7-4-5-9-21(19)26-22/h4-5,7,9-11,15-16,20,26H,6,8,12-14,17H2,1-3H3. The molecule has 1 aromatic heterocycles. The number of nitrogens with zero attached hydrogens (tertiary/aromatic N) is 2. The number of hydrogen-bond donors (Lipinski definition) is 1. The minimum Gasteiger partial charge on any atom is -0.493 e. The smallest absolute Gasteiger partial charge is 0.270 e. The van der Waals surface area contributed by atoms with Gasteiger partial charge in [-0.2, -0.15) is 0 Å². The number of carbonyl (C=O) groups is 1. The van der Waals surface area contributed by atoms with E-state index in [0.29, 0.717) is 11.7 Å². The van der Waals surface area contributed by atoms with Gasteiger partial charge in [-0.05, 0) is 56.1 Å². The Kier molecular flexibility index (Phi) is 6.47. The average molecular weight is 422 g/mol. The van der Waals surface area contributed by atoms with Crippen LogP contribution >= 0.6 is 0 Å². The number of H-pyrrole nitrogens is 1. The number of para-hydroxylation sites is 1. The third-order valence-electron chi connectivity index (χ3n) is 6.27. The first-order valence-electron chi connectivity index (χ1n) is 10.9. The van der Waals surface area contributed by atoms with Gasteiger partial charge in [-0.25, -0.2) is 0 Å². The van der Waals surface area contributed by atoms with Crippen molar-refractivity contribution in [2.24, 2.45) is 0 Å². The zero-order valence-corrected chi connectivity index (χ0v) is 18.6. The van der Waals surface area contributed by atoms with Crippen molar-refractivity contribution < 1.29 is 14.3 Å². The van der Waals surface area contributed by atoms with Gasteiger partial charge in [-0.15, -0.1) is 0 Å². The summed E-state index contributed by atoms with van der Waals surface area (Å²) in [7, 11) is 5.47. The van der Waals surface area contributed by atoms with Gasteiger partial charge in [0.2, 0.25) is 0 Å². The molecular weight excluding hydrogens is 390 g/mol. The summed E-state index contributed by atoms with van der Waals surface area (Å²) in [6.07, 6.45) is 3.06. The second-order valence-electron chi connectivity index (χ2n) is 8.24. The first-order valence-corrected chi connectivity index (χ1v) is 10.9. The van der Waals surface area contributed by atoms with E-state index in [0.717, 1.165) is 61.3 Å². The Labute approximate surface area is 183 Å². The van der Waals surface area contributed by atoms with Crippen LogP contribution in [0.3, 0.4) is 0 Å². The van der Waals surface area contributed by atoms with Crippen LogP contribution in [0.5, 0.6) is 11.5 Å². The summed E-state index contributed by atoms with van der Waals surface area (Å²) >= 11 is 0. The van der Waals surface area contributed by atoms with Gasteiger partial charge in [0.25, 0.3) is 5.91 Å². The minimum atomic E-state index is 0.0918. The Morgan fingerprint density at radius 3 is 2.71 bits per heavy atom. The maximum Gasteiger partial charge on any atom is 0.270 e. The Morgan fingerprint density at radius 1 is 1.13 bits per heavy atom. The highest BCUT2D eigenvalue weighted by atomic mass is 16.5. The largest absolute Gasteiger partial charge is 0.493 e. The maximum absolute atomic E-state index is 13.1. The second-order valence-corrected chi connectivity index (χ2v) is 8.24. The fourth-order valence-corrected chi connectivity index (χ4v) is 4.38. The Morgan fingerprint density at radius 2 is 1.94 bits per heavy atom. The summed E-state index contributed by atoms with van der Waals surface area (Å²) in [6.45, 7) is 2.50. The number of aromatic amines is 1. The van der Waals surface area contributed by atoms with Gasteiger partial charge in [-0.1, -0.05) is 24.3 Å². The lowest BCUT2D eigenvalue weighted by Gasteiger charge is -2.37. The molecule has 1 aliphatic heterocycles. The zero-order chi connectivity index (χ0) is 21.8. The first kappa shape index (κ1) is 21.2. The fraction of sp³-hybridized carbons (Fsp3) is 0.400. The molecule has 1 N–H and O–H groups in total. The molecule has 31 heavy (non-hydrogen) atoms. The minimum absolute atomic E-state index is 0.0918. The molecule has 1 atom stereocenters. The van der Waals surface area contributed by atoms with E-state index < -0.39 is 0 Å². The third-order valence-corrected chi connectivity index (χ3v) is 6.27. The number of hydrogen-bond acceptors (Lipinski definition) is 4. The van der Waals surface area contributed by atoms with Crippen LogP contribution in [0.15, 0.2) is 48.5 Å². The summed E-state index contributed by atoms with van der Waals surface area (Å²) in [5.74, 6) is 1.60. The van der Waals surface area contributed by atoms with E-state index in [2.05, 4.69) is 23.0 Å². The van der Waals surface area contributed by atoms with Gasteiger partial charge in [0.1, 0.15) is 5.69 Å². The van der Waals surface area contributed by atoms with Crippen LogP contribution in [-0.2, 0) is 6.42 Å². The number of carbonyl (C=O) groups excluding carboxylic acids is 1. The summed E-state index contributed by atoms with van der Waals surface area (Å²) in [4.78, 5) is 20.7. The molecule has 3 aromatic rings. The van der Waals surface area contributed by atoms with Gasteiger partial charge in [0, 0.05) is 36.6 Å². The summed E-state index contributed by atoms with van der Waals surface area (Å²) < 4.78 is 10.7. The molecule has 6 heteroatoms. The Balaban J connectivity index is 1.37. The molecule has 0 radical (unpaired) electrons. The molecule has 1 unspecified atom stereocenters. The average Bonchev–Trinajstić information content (AvgIpc) is 3.26. The van der Waals surface area contributed by atoms with Crippen molar-refractivity contribution in [1.82, 2.24) is 14.8 Å². The lowest BCUT2D eigenvalue weighted by atomic mass is 10.0. The van der Waals surface area contributed by atoms with Gasteiger partial charge >= 0.3 is 0 Å². The highest BCUT2D eigenvalue weighted by Crippen LogP contribution is 2.28. The number of rotatable bonds is 7. The lowest BCUT2D eigenvalue weighted by molar-refractivity contribution is 0.0607. The van der Waals surface area contributed by atoms with Crippen molar-refractivity contribution in [3.05, 3.63) is 59.8 Å². The number of likely N-dealkylation sites (N-methyl/N-ethyl adjacent to an activating group) is 1. The van der Waals surface area contributed by atoms with Crippen LogP contribution in [0.1, 0.15) is 28.9 Å². The van der Waals surface area contributed by atoms with E-state index in [1.165, 1.54) is 5.56 Å². The fourth-order valence-electron chi connectivity index (χ4n) is 4.38. The molecule has 1 saturated heterocycles. The van der Waals surface area contributed by atoms with E-state index >= 15 is 0 Å². The molecule has 0 saturated carbocycles. The molecule has 0 bridgehead atoms. The van der Waals surface area contributed by atoms with Gasteiger partial charge in [0.05, 0.1) is 14.2 Å². The number of benzene rings is 2. The number of methoxy groups -OCH3 is 2. The van der Waals surface area contributed by atoms with Crippen LogP contribution in [0.4, 0.5) is 0 Å². The van der Waals surface area contributed by atoms with E-state index in [4.69, 9.17) is 9.47 Å². The molecule has 6 nitrogen and oxygen atoms in total. The number of likely N-dealkylation sites (tertiary alicyclic amines) is 1. The molecule has 1 aliphatic rings. The van der Waals surface area contributed by atoms with E-state index in [1.54, 1.807) is 14.2 Å². The highest BCUT2D eigenvalue weighted by Gasteiger charge is 2.27. The van der Waals surface area contributed by atoms with E-state index in [9.17, 15) is 4.79 Å². The summed E-state index contributed by atoms with van der Waals surface area (Å²) in [6, 6.07) is 16.4. The first-order chi connectivity index (χ1) is 15.1. The van der Waals surface area contributed by atoms with Crippen molar-refractivity contribution in [2.75, 3.05) is 40.9 Å². The number of fused-ring (bicyclic) bond motifs is 1. The molecule has 4 rings (SSSR count). The molecule has 164 valence electrons. The van der Waals surface area contributed by atoms with Crippen molar-refractivity contribution in [3.63, 3.8) is 0 Å². The number of aromatic nitrogens is 1. The molecule has 1 amide bonds. The van der Waals surface area contributed by atoms with Crippen LogP contribution in [0.25, 0.3) is 10.9 Å². The molecule has 1 fully saturated rings. The Bertz CT molecular complexity index is 1010. The normalized spacial score (nSPS) is 16.6. The van der Waals surface area contributed by atoms with Crippen molar-refractivity contribution in [1.29, 1.82) is 0 Å². The molecular formula is C25H31N3O3. The number of piperidine rings is 1. The number of nitrogens with one attached hydrogen (secondary N) is 1. The van der Waals surface area contributed by atoms with Crippen LogP contribution in [0.2, 0.25) is 0 Å². The van der Waals surface area contributed by atoms with Crippen LogP contribution in [0, 0.1) is 0 Å². The zero-order valence-electron chi connectivity index (χ0n) is 18.6. The third kappa shape index (κ3) is 4.69. The number of amides is 1. The van der Waals surface area contributed by atoms with Crippen LogP contribution < -0.4 is 9.47 Å². The lowest BCUT2D eigenvalue weighted by Crippen LogP contribution is -2.49.